The molecule has 2 N–H and O–H groups in total. The maximum atomic E-state index is 12.9. The zero-order valence-electron chi connectivity index (χ0n) is 14.2. The van der Waals surface area contributed by atoms with Crippen LogP contribution < -0.4 is 5.32 Å². The standard InChI is InChI=1S/C19H25N3O2/c1-10-20-9-15(17(21-10)12-2-3-12)18(23)22-16-13-4-11-5-14(16)8-19(24,6-11)7-13/h9,11-14,16,24H,2-8H2,1H3,(H,22,23). The van der Waals surface area contributed by atoms with Crippen molar-refractivity contribution in [1.82, 2.24) is 15.3 Å². The Kier molecular flexibility index (Phi) is 3.09. The van der Waals surface area contributed by atoms with Crippen molar-refractivity contribution in [2.24, 2.45) is 17.8 Å². The van der Waals surface area contributed by atoms with E-state index >= 15 is 0 Å². The molecule has 6 rings (SSSR count). The van der Waals surface area contributed by atoms with E-state index in [4.69, 9.17) is 0 Å². The zero-order chi connectivity index (χ0) is 16.5. The Labute approximate surface area is 142 Å². The molecule has 2 unspecified atom stereocenters. The van der Waals surface area contributed by atoms with E-state index in [0.717, 1.165) is 56.5 Å². The Balaban J connectivity index is 1.38. The van der Waals surface area contributed by atoms with Gasteiger partial charge in [-0.3, -0.25) is 4.79 Å². The second kappa shape index (κ2) is 5.01. The van der Waals surface area contributed by atoms with E-state index in [-0.39, 0.29) is 11.9 Å². The highest BCUT2D eigenvalue weighted by atomic mass is 16.3. The highest BCUT2D eigenvalue weighted by Gasteiger charge is 2.55. The first-order chi connectivity index (χ1) is 11.5. The van der Waals surface area contributed by atoms with Crippen molar-refractivity contribution in [1.29, 1.82) is 0 Å². The van der Waals surface area contributed by atoms with Crippen LogP contribution in [0.15, 0.2) is 6.20 Å². The van der Waals surface area contributed by atoms with Gasteiger partial charge in [0.25, 0.3) is 5.91 Å². The molecule has 0 radical (unpaired) electrons. The Morgan fingerprint density at radius 3 is 2.58 bits per heavy atom. The number of amides is 1. The van der Waals surface area contributed by atoms with Crippen LogP contribution in [0.5, 0.6) is 0 Å². The lowest BCUT2D eigenvalue weighted by atomic mass is 9.52. The van der Waals surface area contributed by atoms with Gasteiger partial charge in [0.05, 0.1) is 16.9 Å². The van der Waals surface area contributed by atoms with Gasteiger partial charge in [-0.15, -0.1) is 0 Å². The molecule has 1 aromatic heterocycles. The Morgan fingerprint density at radius 1 is 1.25 bits per heavy atom. The number of nitrogens with one attached hydrogen (secondary N) is 1. The second-order valence-electron chi connectivity index (χ2n) is 8.68. The number of aryl methyl sites for hydroxylation is 1. The molecule has 0 spiro atoms. The van der Waals surface area contributed by atoms with Gasteiger partial charge in [0.1, 0.15) is 5.82 Å². The lowest BCUT2D eigenvalue weighted by Gasteiger charge is -2.58. The third-order valence-corrected chi connectivity index (χ3v) is 6.69. The van der Waals surface area contributed by atoms with E-state index in [0.29, 0.717) is 29.2 Å². The Morgan fingerprint density at radius 2 is 1.96 bits per heavy atom. The number of nitrogens with zero attached hydrogens (tertiary/aromatic N) is 2. The summed E-state index contributed by atoms with van der Waals surface area (Å²) in [5, 5.41) is 14.0. The Bertz CT molecular complexity index is 684. The monoisotopic (exact) mass is 327 g/mol. The summed E-state index contributed by atoms with van der Waals surface area (Å²) in [6.45, 7) is 1.88. The van der Waals surface area contributed by atoms with Crippen molar-refractivity contribution in [2.75, 3.05) is 0 Å². The van der Waals surface area contributed by atoms with Crippen molar-refractivity contribution in [2.45, 2.75) is 69.4 Å². The molecule has 1 heterocycles. The number of aliphatic hydroxyl groups is 1. The first-order valence-corrected chi connectivity index (χ1v) is 9.37. The fourth-order valence-electron chi connectivity index (χ4n) is 5.78. The molecule has 5 nitrogen and oxygen atoms in total. The van der Waals surface area contributed by atoms with Gasteiger partial charge in [-0.25, -0.2) is 9.97 Å². The lowest BCUT2D eigenvalue weighted by Crippen LogP contribution is -2.61. The topological polar surface area (TPSA) is 75.1 Å². The number of hydrogen-bond acceptors (Lipinski definition) is 4. The minimum absolute atomic E-state index is 0.0126. The highest BCUT2D eigenvalue weighted by Crippen LogP contribution is 2.55. The third-order valence-electron chi connectivity index (χ3n) is 6.69. The van der Waals surface area contributed by atoms with Crippen molar-refractivity contribution in [3.8, 4) is 0 Å². The predicted octanol–water partition coefficient (Wildman–Crippen LogP) is 2.33. The zero-order valence-corrected chi connectivity index (χ0v) is 14.2. The third kappa shape index (κ3) is 2.36. The second-order valence-corrected chi connectivity index (χ2v) is 8.68. The van der Waals surface area contributed by atoms with Gasteiger partial charge in [-0.05, 0) is 69.6 Å². The van der Waals surface area contributed by atoms with Crippen LogP contribution in [0, 0.1) is 24.7 Å². The summed E-state index contributed by atoms with van der Waals surface area (Å²) in [4.78, 5) is 21.7. The van der Waals surface area contributed by atoms with Crippen molar-refractivity contribution >= 4 is 5.91 Å². The van der Waals surface area contributed by atoms with Crippen LogP contribution in [-0.4, -0.2) is 32.6 Å². The maximum Gasteiger partial charge on any atom is 0.254 e. The number of rotatable bonds is 3. The molecule has 0 aliphatic heterocycles. The van der Waals surface area contributed by atoms with Crippen molar-refractivity contribution in [3.63, 3.8) is 0 Å². The summed E-state index contributed by atoms with van der Waals surface area (Å²) in [5.41, 5.74) is 1.14. The Hall–Kier alpha value is -1.49. The molecule has 0 saturated heterocycles. The largest absolute Gasteiger partial charge is 0.390 e. The van der Waals surface area contributed by atoms with Crippen LogP contribution in [-0.2, 0) is 0 Å². The van der Waals surface area contributed by atoms with Crippen molar-refractivity contribution < 1.29 is 9.90 Å². The summed E-state index contributed by atoms with van der Waals surface area (Å²) in [5.74, 6) is 2.69. The quantitative estimate of drug-likeness (QED) is 0.893. The van der Waals surface area contributed by atoms with E-state index in [1.807, 2.05) is 6.92 Å². The highest BCUT2D eigenvalue weighted by molar-refractivity contribution is 5.95. The smallest absolute Gasteiger partial charge is 0.254 e. The van der Waals surface area contributed by atoms with Gasteiger partial charge in [0, 0.05) is 18.2 Å². The average Bonchev–Trinajstić information content (AvgIpc) is 3.33. The van der Waals surface area contributed by atoms with Crippen LogP contribution in [0.1, 0.15) is 72.7 Å². The fourth-order valence-corrected chi connectivity index (χ4v) is 5.78. The van der Waals surface area contributed by atoms with Crippen LogP contribution in [0.3, 0.4) is 0 Å². The number of carbonyl (C=O) groups excluding carboxylic acids is 1. The van der Waals surface area contributed by atoms with Gasteiger partial charge < -0.3 is 10.4 Å². The molecule has 4 bridgehead atoms. The summed E-state index contributed by atoms with van der Waals surface area (Å²) in [7, 11) is 0. The molecule has 5 aliphatic rings. The molecule has 5 saturated carbocycles. The van der Waals surface area contributed by atoms with Gasteiger partial charge in [0.2, 0.25) is 0 Å². The molecular weight excluding hydrogens is 302 g/mol. The van der Waals surface area contributed by atoms with E-state index < -0.39 is 5.60 Å². The molecule has 1 aromatic rings. The van der Waals surface area contributed by atoms with Gasteiger partial charge in [0.15, 0.2) is 0 Å². The minimum atomic E-state index is -0.454. The summed E-state index contributed by atoms with van der Waals surface area (Å²) in [6.07, 6.45) is 8.94. The average molecular weight is 327 g/mol. The molecule has 0 aromatic carbocycles. The molecule has 5 heteroatoms. The molecule has 128 valence electrons. The van der Waals surface area contributed by atoms with E-state index in [1.165, 1.54) is 0 Å². The van der Waals surface area contributed by atoms with Crippen molar-refractivity contribution in [3.05, 3.63) is 23.3 Å². The number of carbonyl (C=O) groups is 1. The van der Waals surface area contributed by atoms with Gasteiger partial charge >= 0.3 is 0 Å². The SMILES string of the molecule is Cc1ncc(C(=O)NC2C3CC4CC2CC(O)(C4)C3)c(C2CC2)n1. The first-order valence-electron chi connectivity index (χ1n) is 9.37. The predicted molar refractivity (Wildman–Crippen MR) is 88.5 cm³/mol. The molecule has 2 atom stereocenters. The normalized spacial score (nSPS) is 39.9. The maximum absolute atomic E-state index is 12.9. The van der Waals surface area contributed by atoms with Gasteiger partial charge in [-0.1, -0.05) is 0 Å². The molecular formula is C19H25N3O2. The number of hydrogen-bond donors (Lipinski definition) is 2. The fraction of sp³-hybridized carbons (Fsp3) is 0.737. The number of aromatic nitrogens is 2. The first kappa shape index (κ1) is 14.8. The molecule has 5 aliphatic carbocycles. The van der Waals surface area contributed by atoms with Crippen LogP contribution >= 0.6 is 0 Å². The van der Waals surface area contributed by atoms with E-state index in [9.17, 15) is 9.90 Å². The summed E-state index contributed by atoms with van der Waals surface area (Å²) >= 11 is 0. The van der Waals surface area contributed by atoms with Crippen LogP contribution in [0.25, 0.3) is 0 Å². The molecule has 5 fully saturated rings. The lowest BCUT2D eigenvalue weighted by molar-refractivity contribution is -0.136. The van der Waals surface area contributed by atoms with Gasteiger partial charge in [-0.2, -0.15) is 0 Å². The van der Waals surface area contributed by atoms with E-state index in [2.05, 4.69) is 15.3 Å². The van der Waals surface area contributed by atoms with Crippen LogP contribution in [0.2, 0.25) is 0 Å². The minimum Gasteiger partial charge on any atom is -0.390 e. The summed E-state index contributed by atoms with van der Waals surface area (Å²) in [6, 6.07) is 0.211. The van der Waals surface area contributed by atoms with Crippen LogP contribution in [0.4, 0.5) is 0 Å². The molecule has 1 amide bonds. The summed E-state index contributed by atoms with van der Waals surface area (Å²) < 4.78 is 0. The van der Waals surface area contributed by atoms with E-state index in [1.54, 1.807) is 6.20 Å². The molecule has 24 heavy (non-hydrogen) atoms.